The number of hydrogen-bond donors (Lipinski definition) is 2. The first-order chi connectivity index (χ1) is 7.19. The molecule has 0 bridgehead atoms. The van der Waals surface area contributed by atoms with Crippen LogP contribution in [0.15, 0.2) is 11.4 Å². The zero-order chi connectivity index (χ0) is 11.3. The Bertz CT molecular complexity index is 325. The Balaban J connectivity index is 2.46. The first kappa shape index (κ1) is 12.0. The molecule has 2 N–H and O–H groups in total. The predicted octanol–water partition coefficient (Wildman–Crippen LogP) is 0.981. The molecule has 84 valence electrons. The maximum Gasteiger partial charge on any atom is 0.236 e. The summed E-state index contributed by atoms with van der Waals surface area (Å²) in [6.07, 6.45) is 0. The molecule has 1 amide bonds. The Morgan fingerprint density at radius 1 is 1.67 bits per heavy atom. The Labute approximate surface area is 93.6 Å². The van der Waals surface area contributed by atoms with E-state index in [-0.39, 0.29) is 11.9 Å². The number of amides is 1. The third kappa shape index (κ3) is 3.21. The van der Waals surface area contributed by atoms with Crippen molar-refractivity contribution in [1.82, 2.24) is 10.6 Å². The van der Waals surface area contributed by atoms with Gasteiger partial charge in [0.25, 0.3) is 0 Å². The summed E-state index contributed by atoms with van der Waals surface area (Å²) in [5, 5.41) is 7.70. The number of hydrogen-bond acceptors (Lipinski definition) is 4. The van der Waals surface area contributed by atoms with Crippen molar-refractivity contribution in [1.29, 1.82) is 0 Å². The van der Waals surface area contributed by atoms with Crippen LogP contribution in [0.2, 0.25) is 0 Å². The average molecular weight is 228 g/mol. The van der Waals surface area contributed by atoms with E-state index in [0.29, 0.717) is 6.54 Å². The van der Waals surface area contributed by atoms with Crippen molar-refractivity contribution < 1.29 is 9.53 Å². The number of ether oxygens (including phenoxy) is 1. The molecule has 0 aromatic carbocycles. The van der Waals surface area contributed by atoms with Gasteiger partial charge in [0.1, 0.15) is 5.75 Å². The molecule has 15 heavy (non-hydrogen) atoms. The first-order valence-electron chi connectivity index (χ1n) is 4.74. The molecular weight excluding hydrogens is 212 g/mol. The fourth-order valence-corrected chi connectivity index (χ4v) is 1.98. The van der Waals surface area contributed by atoms with Crippen LogP contribution < -0.4 is 15.4 Å². The topological polar surface area (TPSA) is 50.4 Å². The molecular formula is C10H16N2O2S. The summed E-state index contributed by atoms with van der Waals surface area (Å²) in [4.78, 5) is 12.3. The van der Waals surface area contributed by atoms with Gasteiger partial charge in [-0.1, -0.05) is 0 Å². The molecule has 0 radical (unpaired) electrons. The summed E-state index contributed by atoms with van der Waals surface area (Å²) in [7, 11) is 3.28. The molecule has 1 atom stereocenters. The van der Waals surface area contributed by atoms with Crippen LogP contribution in [0.4, 0.5) is 0 Å². The molecule has 0 unspecified atom stereocenters. The Morgan fingerprint density at radius 2 is 2.40 bits per heavy atom. The zero-order valence-electron chi connectivity index (χ0n) is 9.16. The average Bonchev–Trinajstić information content (AvgIpc) is 2.71. The van der Waals surface area contributed by atoms with Crippen molar-refractivity contribution in [3.63, 3.8) is 0 Å². The molecule has 0 aliphatic rings. The van der Waals surface area contributed by atoms with Crippen molar-refractivity contribution in [2.24, 2.45) is 0 Å². The summed E-state index contributed by atoms with van der Waals surface area (Å²) in [6.45, 7) is 2.48. The van der Waals surface area contributed by atoms with Gasteiger partial charge in [-0.25, -0.2) is 0 Å². The van der Waals surface area contributed by atoms with E-state index in [4.69, 9.17) is 4.74 Å². The third-order valence-corrected chi connectivity index (χ3v) is 3.04. The number of methoxy groups -OCH3 is 1. The van der Waals surface area contributed by atoms with Gasteiger partial charge in [0.15, 0.2) is 0 Å². The summed E-state index contributed by atoms with van der Waals surface area (Å²) in [5.74, 6) is 0.863. The molecule has 0 aliphatic carbocycles. The highest BCUT2D eigenvalue weighted by Crippen LogP contribution is 2.23. The van der Waals surface area contributed by atoms with Gasteiger partial charge < -0.3 is 15.4 Å². The smallest absolute Gasteiger partial charge is 0.236 e. The lowest BCUT2D eigenvalue weighted by Crippen LogP contribution is -2.40. The van der Waals surface area contributed by atoms with Gasteiger partial charge >= 0.3 is 0 Å². The van der Waals surface area contributed by atoms with Crippen molar-refractivity contribution in [3.8, 4) is 5.75 Å². The van der Waals surface area contributed by atoms with E-state index in [1.165, 1.54) is 0 Å². The van der Waals surface area contributed by atoms with Gasteiger partial charge in [-0.15, -0.1) is 11.3 Å². The maximum absolute atomic E-state index is 11.2. The van der Waals surface area contributed by atoms with Gasteiger partial charge in [-0.05, 0) is 18.4 Å². The van der Waals surface area contributed by atoms with Gasteiger partial charge in [0.2, 0.25) is 5.91 Å². The fourth-order valence-electron chi connectivity index (χ4n) is 1.19. The summed E-state index contributed by atoms with van der Waals surface area (Å²) in [6, 6.07) is 1.73. The molecule has 1 heterocycles. The number of thiophene rings is 1. The van der Waals surface area contributed by atoms with Crippen LogP contribution >= 0.6 is 11.3 Å². The number of likely N-dealkylation sites (N-methyl/N-ethyl adjacent to an activating group) is 1. The van der Waals surface area contributed by atoms with Crippen LogP contribution in [-0.2, 0) is 11.3 Å². The van der Waals surface area contributed by atoms with Crippen molar-refractivity contribution in [3.05, 3.63) is 16.3 Å². The number of carbonyl (C=O) groups excluding carboxylic acids is 1. The van der Waals surface area contributed by atoms with E-state index >= 15 is 0 Å². The van der Waals surface area contributed by atoms with Crippen molar-refractivity contribution in [2.45, 2.75) is 19.5 Å². The van der Waals surface area contributed by atoms with Gasteiger partial charge in [0.05, 0.1) is 18.0 Å². The second-order valence-corrected chi connectivity index (χ2v) is 4.13. The predicted molar refractivity (Wildman–Crippen MR) is 61.2 cm³/mol. The molecule has 1 aromatic rings. The summed E-state index contributed by atoms with van der Waals surface area (Å²) >= 11 is 1.62. The molecule has 4 nitrogen and oxygen atoms in total. The Morgan fingerprint density at radius 3 is 3.00 bits per heavy atom. The number of carbonyl (C=O) groups is 1. The SMILES string of the molecule is CNC(=O)[C@@H](C)NCc1sccc1OC. The first-order valence-corrected chi connectivity index (χ1v) is 5.62. The van der Waals surface area contributed by atoms with Crippen LogP contribution in [0.1, 0.15) is 11.8 Å². The minimum Gasteiger partial charge on any atom is -0.496 e. The monoisotopic (exact) mass is 228 g/mol. The fraction of sp³-hybridized carbons (Fsp3) is 0.500. The number of nitrogens with one attached hydrogen (secondary N) is 2. The van der Waals surface area contributed by atoms with Gasteiger partial charge in [-0.3, -0.25) is 4.79 Å². The van der Waals surface area contributed by atoms with E-state index < -0.39 is 0 Å². The standard InChI is InChI=1S/C10H16N2O2S/c1-7(10(13)11-2)12-6-9-8(14-3)4-5-15-9/h4-5,7,12H,6H2,1-3H3,(H,11,13)/t7-/m1/s1. The highest BCUT2D eigenvalue weighted by Gasteiger charge is 2.11. The molecule has 5 heteroatoms. The molecule has 1 aromatic heterocycles. The third-order valence-electron chi connectivity index (χ3n) is 2.13. The molecule has 0 saturated carbocycles. The molecule has 1 rings (SSSR count). The normalized spacial score (nSPS) is 12.2. The lowest BCUT2D eigenvalue weighted by atomic mass is 10.3. The van der Waals surface area contributed by atoms with Crippen molar-refractivity contribution in [2.75, 3.05) is 14.2 Å². The largest absolute Gasteiger partial charge is 0.496 e. The quantitative estimate of drug-likeness (QED) is 0.790. The zero-order valence-corrected chi connectivity index (χ0v) is 9.98. The Hall–Kier alpha value is -1.07. The van der Waals surface area contributed by atoms with Crippen molar-refractivity contribution >= 4 is 17.2 Å². The number of rotatable bonds is 5. The van der Waals surface area contributed by atoms with E-state index in [9.17, 15) is 4.79 Å². The van der Waals surface area contributed by atoms with Crippen LogP contribution in [0.25, 0.3) is 0 Å². The minimum absolute atomic E-state index is 0.00878. The van der Waals surface area contributed by atoms with E-state index in [0.717, 1.165) is 10.6 Å². The summed E-state index contributed by atoms with van der Waals surface area (Å²) < 4.78 is 5.17. The molecule has 0 fully saturated rings. The van der Waals surface area contributed by atoms with E-state index in [1.807, 2.05) is 18.4 Å². The van der Waals surface area contributed by atoms with Crippen LogP contribution in [0, 0.1) is 0 Å². The van der Waals surface area contributed by atoms with Crippen LogP contribution in [0.5, 0.6) is 5.75 Å². The maximum atomic E-state index is 11.2. The highest BCUT2D eigenvalue weighted by molar-refractivity contribution is 7.10. The van der Waals surface area contributed by atoms with E-state index in [2.05, 4.69) is 10.6 Å². The second kappa shape index (κ2) is 5.72. The minimum atomic E-state index is -0.193. The molecule has 0 aliphatic heterocycles. The van der Waals surface area contributed by atoms with Crippen LogP contribution in [0.3, 0.4) is 0 Å². The second-order valence-electron chi connectivity index (χ2n) is 3.13. The lowest BCUT2D eigenvalue weighted by molar-refractivity contribution is -0.122. The van der Waals surface area contributed by atoms with E-state index in [1.54, 1.807) is 25.5 Å². The molecule has 0 spiro atoms. The van der Waals surface area contributed by atoms with Crippen LogP contribution in [-0.4, -0.2) is 26.1 Å². The van der Waals surface area contributed by atoms with Gasteiger partial charge in [0, 0.05) is 13.6 Å². The molecule has 0 saturated heterocycles. The Kier molecular flexibility index (Phi) is 4.58. The van der Waals surface area contributed by atoms with Gasteiger partial charge in [-0.2, -0.15) is 0 Å². The summed E-state index contributed by atoms with van der Waals surface area (Å²) in [5.41, 5.74) is 0. The lowest BCUT2D eigenvalue weighted by Gasteiger charge is -2.11. The highest BCUT2D eigenvalue weighted by atomic mass is 32.1.